The number of rotatable bonds is 5. The highest BCUT2D eigenvalue weighted by Crippen LogP contribution is 2.34. The molecule has 0 aliphatic carbocycles. The molecule has 8 heteroatoms. The Morgan fingerprint density at radius 3 is 2.60 bits per heavy atom. The van der Waals surface area contributed by atoms with Crippen LogP contribution in [0.25, 0.3) is 5.65 Å². The standard InChI is InChI=1S/C27H26N4O4/c1-18-7-6-14-30-15-20(28-25(18)30)17-34-21-12-10-19(11-13-21)26(32)31-16-24(27(33)29(2)3)35-23-9-5-4-8-22(23)31/h4-15,24H,16-17H2,1-3H3/t24-/m0/s1. The average molecular weight is 471 g/mol. The number of nitrogens with zero attached hydrogens (tertiary/aromatic N) is 4. The molecule has 1 atom stereocenters. The third-order valence-corrected chi connectivity index (χ3v) is 5.95. The largest absolute Gasteiger partial charge is 0.487 e. The molecular weight excluding hydrogens is 444 g/mol. The van der Waals surface area contributed by atoms with Crippen LogP contribution in [0.4, 0.5) is 5.69 Å². The summed E-state index contributed by atoms with van der Waals surface area (Å²) in [5, 5.41) is 0. The lowest BCUT2D eigenvalue weighted by atomic mass is 10.1. The molecule has 3 heterocycles. The Morgan fingerprint density at radius 1 is 1.09 bits per heavy atom. The molecule has 2 aromatic carbocycles. The SMILES string of the molecule is Cc1cccn2cc(COc3ccc(C(=O)N4C[C@@H](C(=O)N(C)C)Oc5ccccc54)cc3)nc12. The van der Waals surface area contributed by atoms with Crippen LogP contribution < -0.4 is 14.4 Å². The highest BCUT2D eigenvalue weighted by Gasteiger charge is 2.34. The van der Waals surface area contributed by atoms with Crippen molar-refractivity contribution in [3.63, 3.8) is 0 Å². The van der Waals surface area contributed by atoms with Crippen LogP contribution in [0.1, 0.15) is 21.6 Å². The van der Waals surface area contributed by atoms with Gasteiger partial charge in [-0.2, -0.15) is 0 Å². The van der Waals surface area contributed by atoms with E-state index in [2.05, 4.69) is 4.98 Å². The highest BCUT2D eigenvalue weighted by atomic mass is 16.5. The van der Waals surface area contributed by atoms with E-state index >= 15 is 0 Å². The molecule has 0 radical (unpaired) electrons. The smallest absolute Gasteiger partial charge is 0.265 e. The second-order valence-corrected chi connectivity index (χ2v) is 8.69. The molecule has 0 spiro atoms. The molecular formula is C27H26N4O4. The van der Waals surface area contributed by atoms with Crippen molar-refractivity contribution in [2.75, 3.05) is 25.5 Å². The van der Waals surface area contributed by atoms with Crippen molar-refractivity contribution in [3.05, 3.63) is 89.9 Å². The summed E-state index contributed by atoms with van der Waals surface area (Å²) >= 11 is 0. The Hall–Kier alpha value is -4.33. The lowest BCUT2D eigenvalue weighted by molar-refractivity contribution is -0.135. The normalized spacial score (nSPS) is 14.8. The van der Waals surface area contributed by atoms with E-state index in [9.17, 15) is 9.59 Å². The zero-order chi connectivity index (χ0) is 24.5. The molecule has 1 aliphatic rings. The molecule has 1 aliphatic heterocycles. The maximum atomic E-state index is 13.4. The summed E-state index contributed by atoms with van der Waals surface area (Å²) in [6.07, 6.45) is 3.14. The van der Waals surface area contributed by atoms with E-state index in [1.165, 1.54) is 4.90 Å². The third-order valence-electron chi connectivity index (χ3n) is 5.95. The fourth-order valence-electron chi connectivity index (χ4n) is 4.12. The molecule has 0 N–H and O–H groups in total. The molecule has 178 valence electrons. The van der Waals surface area contributed by atoms with Gasteiger partial charge in [0.2, 0.25) is 0 Å². The van der Waals surface area contributed by atoms with Crippen molar-refractivity contribution >= 4 is 23.1 Å². The molecule has 0 fully saturated rings. The van der Waals surface area contributed by atoms with Crippen LogP contribution >= 0.6 is 0 Å². The number of amides is 2. The summed E-state index contributed by atoms with van der Waals surface area (Å²) in [5.41, 5.74) is 3.96. The number of pyridine rings is 1. The van der Waals surface area contributed by atoms with Gasteiger partial charge >= 0.3 is 0 Å². The van der Waals surface area contributed by atoms with Gasteiger partial charge in [0.25, 0.3) is 11.8 Å². The summed E-state index contributed by atoms with van der Waals surface area (Å²) in [7, 11) is 3.34. The Morgan fingerprint density at radius 2 is 1.86 bits per heavy atom. The predicted octanol–water partition coefficient (Wildman–Crippen LogP) is 3.72. The van der Waals surface area contributed by atoms with Gasteiger partial charge in [-0.25, -0.2) is 4.98 Å². The number of benzene rings is 2. The molecule has 0 unspecified atom stereocenters. The lowest BCUT2D eigenvalue weighted by Crippen LogP contribution is -2.50. The monoisotopic (exact) mass is 470 g/mol. The van der Waals surface area contributed by atoms with Crippen LogP contribution in [-0.2, 0) is 11.4 Å². The molecule has 8 nitrogen and oxygen atoms in total. The maximum Gasteiger partial charge on any atom is 0.265 e. The van der Waals surface area contributed by atoms with Crippen molar-refractivity contribution in [1.29, 1.82) is 0 Å². The number of likely N-dealkylation sites (N-methyl/N-ethyl adjacent to an activating group) is 1. The molecule has 4 aromatic rings. The van der Waals surface area contributed by atoms with Gasteiger partial charge in [0.1, 0.15) is 23.8 Å². The average Bonchev–Trinajstić information content (AvgIpc) is 3.31. The Bertz CT molecular complexity index is 1390. The van der Waals surface area contributed by atoms with E-state index in [1.54, 1.807) is 49.3 Å². The van der Waals surface area contributed by atoms with Crippen LogP contribution in [0.15, 0.2) is 73.1 Å². The molecule has 35 heavy (non-hydrogen) atoms. The number of para-hydroxylation sites is 2. The molecule has 5 rings (SSSR count). The Kier molecular flexibility index (Phi) is 5.86. The van der Waals surface area contributed by atoms with Gasteiger partial charge in [0.15, 0.2) is 6.10 Å². The minimum atomic E-state index is -0.763. The van der Waals surface area contributed by atoms with Crippen molar-refractivity contribution in [1.82, 2.24) is 14.3 Å². The summed E-state index contributed by atoms with van der Waals surface area (Å²) in [6.45, 7) is 2.48. The second kappa shape index (κ2) is 9.13. The van der Waals surface area contributed by atoms with E-state index in [0.717, 1.165) is 16.9 Å². The van der Waals surface area contributed by atoms with Gasteiger partial charge in [-0.15, -0.1) is 0 Å². The van der Waals surface area contributed by atoms with Crippen molar-refractivity contribution < 1.29 is 19.1 Å². The summed E-state index contributed by atoms with van der Waals surface area (Å²) in [4.78, 5) is 33.7. The zero-order valence-corrected chi connectivity index (χ0v) is 19.8. The Balaban J connectivity index is 1.31. The molecule has 2 aromatic heterocycles. The number of carbonyl (C=O) groups excluding carboxylic acids is 2. The van der Waals surface area contributed by atoms with Gasteiger partial charge in [0.05, 0.1) is 17.9 Å². The van der Waals surface area contributed by atoms with E-state index in [1.807, 2.05) is 54.0 Å². The zero-order valence-electron chi connectivity index (χ0n) is 19.8. The minimum Gasteiger partial charge on any atom is -0.487 e. The number of ether oxygens (including phenoxy) is 2. The van der Waals surface area contributed by atoms with Gasteiger partial charge in [-0.3, -0.25) is 9.59 Å². The summed E-state index contributed by atoms with van der Waals surface area (Å²) < 4.78 is 13.8. The first kappa shape index (κ1) is 22.5. The molecule has 0 saturated heterocycles. The number of carbonyl (C=O) groups is 2. The minimum absolute atomic E-state index is 0.137. The van der Waals surface area contributed by atoms with E-state index in [4.69, 9.17) is 9.47 Å². The number of fused-ring (bicyclic) bond motifs is 2. The summed E-state index contributed by atoms with van der Waals surface area (Å²) in [6, 6.07) is 18.2. The molecule has 0 bridgehead atoms. The van der Waals surface area contributed by atoms with Crippen LogP contribution in [-0.4, -0.2) is 52.8 Å². The number of hydrogen-bond acceptors (Lipinski definition) is 5. The quantitative estimate of drug-likeness (QED) is 0.444. The van der Waals surface area contributed by atoms with Gasteiger partial charge in [0, 0.05) is 32.1 Å². The number of anilines is 1. The van der Waals surface area contributed by atoms with Gasteiger partial charge in [-0.1, -0.05) is 18.2 Å². The van der Waals surface area contributed by atoms with Gasteiger partial charge < -0.3 is 23.7 Å². The topological polar surface area (TPSA) is 76.4 Å². The predicted molar refractivity (Wildman–Crippen MR) is 132 cm³/mol. The number of aromatic nitrogens is 2. The van der Waals surface area contributed by atoms with Crippen molar-refractivity contribution in [2.24, 2.45) is 0 Å². The first-order valence-corrected chi connectivity index (χ1v) is 11.4. The Labute approximate surface area is 203 Å². The summed E-state index contributed by atoms with van der Waals surface area (Å²) in [5.74, 6) is 0.746. The van der Waals surface area contributed by atoms with Crippen molar-refractivity contribution in [3.8, 4) is 11.5 Å². The number of aryl methyl sites for hydroxylation is 1. The van der Waals surface area contributed by atoms with Crippen LogP contribution in [0, 0.1) is 6.92 Å². The fraction of sp³-hybridized carbons (Fsp3) is 0.222. The first-order chi connectivity index (χ1) is 16.9. The lowest BCUT2D eigenvalue weighted by Gasteiger charge is -2.35. The van der Waals surface area contributed by atoms with Crippen LogP contribution in [0.3, 0.4) is 0 Å². The van der Waals surface area contributed by atoms with Gasteiger partial charge in [-0.05, 0) is 55.0 Å². The number of hydrogen-bond donors (Lipinski definition) is 0. The second-order valence-electron chi connectivity index (χ2n) is 8.69. The van der Waals surface area contributed by atoms with Crippen LogP contribution in [0.5, 0.6) is 11.5 Å². The van der Waals surface area contributed by atoms with E-state index < -0.39 is 6.10 Å². The highest BCUT2D eigenvalue weighted by molar-refractivity contribution is 6.08. The third kappa shape index (κ3) is 4.42. The molecule has 2 amide bonds. The first-order valence-electron chi connectivity index (χ1n) is 11.4. The van der Waals surface area contributed by atoms with Crippen LogP contribution in [0.2, 0.25) is 0 Å². The van der Waals surface area contributed by atoms with Crippen molar-refractivity contribution in [2.45, 2.75) is 19.6 Å². The van der Waals surface area contributed by atoms with E-state index in [-0.39, 0.29) is 18.4 Å². The molecule has 0 saturated carbocycles. The fourth-order valence-corrected chi connectivity index (χ4v) is 4.12. The van der Waals surface area contributed by atoms with E-state index in [0.29, 0.717) is 29.4 Å². The number of imidazole rings is 1. The maximum absolute atomic E-state index is 13.4.